The Hall–Kier alpha value is -1.16. The van der Waals surface area contributed by atoms with Crippen molar-refractivity contribution in [2.75, 3.05) is 0 Å². The van der Waals surface area contributed by atoms with Gasteiger partial charge < -0.3 is 20.4 Å². The van der Waals surface area contributed by atoms with Crippen molar-refractivity contribution in [3.63, 3.8) is 0 Å². The third-order valence-corrected chi connectivity index (χ3v) is 13.2. The summed E-state index contributed by atoms with van der Waals surface area (Å²) in [5, 5.41) is 35.9. The van der Waals surface area contributed by atoms with Crippen LogP contribution in [0.25, 0.3) is 0 Å². The highest BCUT2D eigenvalue weighted by molar-refractivity contribution is 9.10. The molecule has 0 saturated carbocycles. The first kappa shape index (κ1) is 50.9. The minimum atomic E-state index is -0.784. The monoisotopic (exact) mass is 840 g/mol. The van der Waals surface area contributed by atoms with Crippen molar-refractivity contribution in [1.29, 1.82) is 0 Å². The van der Waals surface area contributed by atoms with Gasteiger partial charge in [0.25, 0.3) is 0 Å². The average Bonchev–Trinajstić information content (AvgIpc) is 2.96. The molecule has 0 spiro atoms. The van der Waals surface area contributed by atoms with Crippen LogP contribution in [0.4, 0.5) is 0 Å². The van der Waals surface area contributed by atoms with Gasteiger partial charge in [-0.15, -0.1) is 0 Å². The molecule has 8 nitrogen and oxygen atoms in total. The number of alkyl halides is 2. The van der Waals surface area contributed by atoms with Gasteiger partial charge in [0.05, 0.1) is 12.8 Å². The van der Waals surface area contributed by atoms with Gasteiger partial charge in [-0.3, -0.25) is 19.2 Å². The Labute approximate surface area is 322 Å². The Morgan fingerprint density at radius 2 is 0.600 bits per heavy atom. The van der Waals surface area contributed by atoms with E-state index in [1.165, 1.54) is 64.2 Å². The summed E-state index contributed by atoms with van der Waals surface area (Å²) in [6, 6.07) is 0. The summed E-state index contributed by atoms with van der Waals surface area (Å²) in [4.78, 5) is 42.7. The molecule has 0 rings (SSSR count). The Morgan fingerprint density at radius 3 is 0.800 bits per heavy atom. The zero-order valence-electron chi connectivity index (χ0n) is 32.9. The Balaban J connectivity index is 0. The summed E-state index contributed by atoms with van der Waals surface area (Å²) in [5.41, 5.74) is -0.618. The normalized spacial score (nSPS) is 13.6. The van der Waals surface area contributed by atoms with Crippen LogP contribution in [0, 0.1) is 21.7 Å². The first-order valence-corrected chi connectivity index (χ1v) is 21.0. The molecule has 2 unspecified atom stereocenters. The molecule has 2 atom stereocenters. The van der Waals surface area contributed by atoms with Gasteiger partial charge in [-0.2, -0.15) is 0 Å². The van der Waals surface area contributed by atoms with E-state index in [-0.39, 0.29) is 34.5 Å². The van der Waals surface area contributed by atoms with E-state index >= 15 is 0 Å². The fourth-order valence-electron chi connectivity index (χ4n) is 6.41. The highest BCUT2D eigenvalue weighted by atomic mass is 79.9. The molecule has 0 fully saturated rings. The molecule has 0 aromatic rings. The summed E-state index contributed by atoms with van der Waals surface area (Å²) in [6.07, 6.45) is 23.2. The molecule has 4 N–H and O–H groups in total. The molecule has 0 aromatic heterocycles. The van der Waals surface area contributed by atoms with Crippen LogP contribution >= 0.6 is 31.9 Å². The zero-order valence-corrected chi connectivity index (χ0v) is 36.1. The molecule has 0 aliphatic heterocycles. The lowest BCUT2D eigenvalue weighted by molar-refractivity contribution is -0.140. The van der Waals surface area contributed by atoms with E-state index in [4.69, 9.17) is 20.4 Å². The number of carboxylic acid groups (broad SMARTS) is 4. The van der Waals surface area contributed by atoms with E-state index in [2.05, 4.69) is 31.9 Å². The topological polar surface area (TPSA) is 149 Å². The fraction of sp³-hybridized carbons (Fsp3) is 0.900. The van der Waals surface area contributed by atoms with Crippen molar-refractivity contribution in [2.24, 2.45) is 21.7 Å². The fourth-order valence-corrected chi connectivity index (χ4v) is 6.87. The van der Waals surface area contributed by atoms with Crippen molar-refractivity contribution < 1.29 is 39.6 Å². The summed E-state index contributed by atoms with van der Waals surface area (Å²) < 4.78 is 0. The van der Waals surface area contributed by atoms with E-state index in [1.807, 2.05) is 55.4 Å². The second kappa shape index (κ2) is 26.6. The van der Waals surface area contributed by atoms with Crippen molar-refractivity contribution >= 4 is 55.7 Å². The molecule has 0 aliphatic rings. The number of carbonyl (C=O) groups is 4. The summed E-state index contributed by atoms with van der Waals surface area (Å²) in [7, 11) is 0. The molecular weight excluding hydrogens is 768 g/mol. The SMILES string of the molecule is CC(C)(CCCCCCCCCCC(C)(C)C(Br)C(=O)O)C(Br)C(=O)O.CC(C)(CCCCCCCCCCC(C)(C)CC(=O)O)CC(=O)O. The van der Waals surface area contributed by atoms with Crippen LogP contribution in [0.2, 0.25) is 0 Å². The number of carboxylic acids is 4. The van der Waals surface area contributed by atoms with Crippen molar-refractivity contribution in [3.8, 4) is 0 Å². The summed E-state index contributed by atoms with van der Waals surface area (Å²) in [6.45, 7) is 16.2. The number of rotatable bonds is 30. The quantitative estimate of drug-likeness (QED) is 0.0412. The van der Waals surface area contributed by atoms with Crippen molar-refractivity contribution in [2.45, 2.75) is 206 Å². The predicted octanol–water partition coefficient (Wildman–Crippen LogP) is 12.5. The van der Waals surface area contributed by atoms with Crippen LogP contribution < -0.4 is 0 Å². The largest absolute Gasteiger partial charge is 0.481 e. The molecular formula is C40H74Br2O8. The number of hydrogen-bond acceptors (Lipinski definition) is 4. The van der Waals surface area contributed by atoms with Gasteiger partial charge in [0.1, 0.15) is 9.65 Å². The summed E-state index contributed by atoms with van der Waals surface area (Å²) >= 11 is 6.55. The molecule has 296 valence electrons. The van der Waals surface area contributed by atoms with Crippen LogP contribution in [0.5, 0.6) is 0 Å². The maximum absolute atomic E-state index is 11.1. The van der Waals surface area contributed by atoms with Crippen LogP contribution in [0.3, 0.4) is 0 Å². The van der Waals surface area contributed by atoms with Crippen LogP contribution in [-0.2, 0) is 19.2 Å². The lowest BCUT2D eigenvalue weighted by Gasteiger charge is -2.27. The van der Waals surface area contributed by atoms with E-state index in [1.54, 1.807) is 0 Å². The summed E-state index contributed by atoms with van der Waals surface area (Å²) in [5.74, 6) is -2.97. The minimum absolute atomic E-state index is 0.0887. The Kier molecular flexibility index (Phi) is 27.1. The molecule has 0 bridgehead atoms. The predicted molar refractivity (Wildman–Crippen MR) is 213 cm³/mol. The second-order valence-corrected chi connectivity index (χ2v) is 19.3. The van der Waals surface area contributed by atoms with Crippen molar-refractivity contribution in [3.05, 3.63) is 0 Å². The van der Waals surface area contributed by atoms with Gasteiger partial charge in [-0.1, -0.05) is 190 Å². The minimum Gasteiger partial charge on any atom is -0.481 e. The van der Waals surface area contributed by atoms with Crippen LogP contribution in [0.1, 0.15) is 197 Å². The lowest BCUT2D eigenvalue weighted by Crippen LogP contribution is -2.31. The Morgan fingerprint density at radius 1 is 0.400 bits per heavy atom. The molecule has 0 heterocycles. The van der Waals surface area contributed by atoms with E-state index in [0.717, 1.165) is 64.2 Å². The van der Waals surface area contributed by atoms with Crippen LogP contribution in [0.15, 0.2) is 0 Å². The molecule has 0 aromatic carbocycles. The third kappa shape index (κ3) is 28.4. The first-order valence-electron chi connectivity index (χ1n) is 19.1. The number of halogens is 2. The molecule has 50 heavy (non-hydrogen) atoms. The Bertz CT molecular complexity index is 885. The van der Waals surface area contributed by atoms with E-state index in [9.17, 15) is 19.2 Å². The second-order valence-electron chi connectivity index (χ2n) is 17.5. The molecule has 0 amide bonds. The number of hydrogen-bond donors (Lipinski definition) is 4. The number of unbranched alkanes of at least 4 members (excludes halogenated alkanes) is 14. The van der Waals surface area contributed by atoms with Gasteiger partial charge in [-0.25, -0.2) is 0 Å². The molecule has 0 aliphatic carbocycles. The molecule has 0 radical (unpaired) electrons. The standard InChI is InChI=1S/C20H36Br2O4.C20H38O4/c1-19(2,15(21)17(23)24)13-11-9-7-5-6-8-10-12-14-20(3,4)16(22)18(25)26;1-19(2,15-17(21)22)13-11-9-7-5-6-8-10-12-14-20(3,4)16-18(23)24/h15-16H,5-14H2,1-4H3,(H,23,24)(H,25,26);5-16H2,1-4H3,(H,21,22)(H,23,24). The molecule has 10 heteroatoms. The maximum atomic E-state index is 11.1. The third-order valence-electron chi connectivity index (χ3n) is 9.91. The van der Waals surface area contributed by atoms with E-state index in [0.29, 0.717) is 0 Å². The zero-order chi connectivity index (χ0) is 39.0. The maximum Gasteiger partial charge on any atom is 0.317 e. The van der Waals surface area contributed by atoms with Crippen LogP contribution in [-0.4, -0.2) is 54.0 Å². The van der Waals surface area contributed by atoms with Gasteiger partial charge in [0.15, 0.2) is 0 Å². The highest BCUT2D eigenvalue weighted by Gasteiger charge is 2.33. The van der Waals surface area contributed by atoms with Crippen molar-refractivity contribution in [1.82, 2.24) is 0 Å². The van der Waals surface area contributed by atoms with Gasteiger partial charge in [-0.05, 0) is 47.3 Å². The molecule has 0 saturated heterocycles. The highest BCUT2D eigenvalue weighted by Crippen LogP contribution is 2.35. The van der Waals surface area contributed by atoms with Gasteiger partial charge in [0.2, 0.25) is 0 Å². The van der Waals surface area contributed by atoms with Gasteiger partial charge in [0, 0.05) is 0 Å². The smallest absolute Gasteiger partial charge is 0.317 e. The van der Waals surface area contributed by atoms with E-state index < -0.39 is 33.5 Å². The average molecular weight is 843 g/mol. The first-order chi connectivity index (χ1) is 23.0. The lowest BCUT2D eigenvalue weighted by atomic mass is 9.83. The number of aliphatic carboxylic acids is 4. The van der Waals surface area contributed by atoms with Gasteiger partial charge >= 0.3 is 23.9 Å².